The van der Waals surface area contributed by atoms with Crippen LogP contribution in [0.4, 0.5) is 5.69 Å². The molecule has 1 amide bonds. The Balaban J connectivity index is 1.70. The van der Waals surface area contributed by atoms with E-state index < -0.39 is 15.9 Å². The summed E-state index contributed by atoms with van der Waals surface area (Å²) in [6, 6.07) is 13.9. The van der Waals surface area contributed by atoms with Gasteiger partial charge in [0, 0.05) is 61.8 Å². The maximum atomic E-state index is 13.2. The van der Waals surface area contributed by atoms with E-state index in [1.165, 1.54) is 4.31 Å². The first-order valence-corrected chi connectivity index (χ1v) is 13.4. The number of sulfonamides is 1. The zero-order valence-electron chi connectivity index (χ0n) is 21.4. The highest BCUT2D eigenvalue weighted by molar-refractivity contribution is 7.89. The molecular weight excluding hydrogens is 476 g/mol. The van der Waals surface area contributed by atoms with Crippen molar-refractivity contribution in [3.8, 4) is 0 Å². The number of carbonyl (C=O) groups excluding carboxylic acids is 1. The largest absolute Gasteiger partial charge is 0.402 e. The third kappa shape index (κ3) is 6.51. The topological polar surface area (TPSA) is 123 Å². The van der Waals surface area contributed by atoms with Gasteiger partial charge in [0.2, 0.25) is 10.0 Å². The predicted octanol–water partition coefficient (Wildman–Crippen LogP) is 2.40. The lowest BCUT2D eigenvalue weighted by atomic mass is 10.1. The lowest BCUT2D eigenvalue weighted by molar-refractivity contribution is 0.0977. The number of piperazine rings is 1. The fraction of sp³-hybridized carbons (Fsp3) is 0.385. The molecule has 10 heteroatoms. The summed E-state index contributed by atoms with van der Waals surface area (Å²) in [5, 5.41) is 11.1. The number of benzene rings is 2. The Morgan fingerprint density at radius 2 is 1.64 bits per heavy atom. The van der Waals surface area contributed by atoms with Crippen LogP contribution in [0.3, 0.4) is 0 Å². The standard InChI is InChI=1S/C26H36N6O3S/c1-5-32(36(34,35)23-12-6-19(2)7-13-23)18-24(20(3)27)25(28)29-26(33)21-8-10-22(11-9-21)31-16-14-30(4)15-17-31/h6-13H,5,14-18,27H2,1-4H3,(H2,28,29,33)/b24-20-. The van der Waals surface area contributed by atoms with Gasteiger partial charge >= 0.3 is 0 Å². The van der Waals surface area contributed by atoms with Gasteiger partial charge in [-0.2, -0.15) is 4.31 Å². The minimum absolute atomic E-state index is 0.128. The first-order valence-electron chi connectivity index (χ1n) is 12.0. The number of anilines is 1. The van der Waals surface area contributed by atoms with E-state index >= 15 is 0 Å². The Morgan fingerprint density at radius 1 is 1.06 bits per heavy atom. The number of nitrogens with two attached hydrogens (primary N) is 1. The number of nitrogens with zero attached hydrogens (tertiary/aromatic N) is 3. The second kappa shape index (κ2) is 11.7. The minimum atomic E-state index is -3.80. The van der Waals surface area contributed by atoms with Crippen LogP contribution in [0.5, 0.6) is 0 Å². The number of hydrogen-bond acceptors (Lipinski definition) is 7. The molecule has 1 aliphatic rings. The van der Waals surface area contributed by atoms with Gasteiger partial charge < -0.3 is 20.9 Å². The van der Waals surface area contributed by atoms with E-state index in [2.05, 4.69) is 22.2 Å². The van der Waals surface area contributed by atoms with Crippen molar-refractivity contribution in [1.82, 2.24) is 14.5 Å². The highest BCUT2D eigenvalue weighted by Gasteiger charge is 2.26. The number of nitrogens with one attached hydrogen (secondary N) is 2. The molecule has 2 aromatic rings. The smallest absolute Gasteiger partial charge is 0.256 e. The van der Waals surface area contributed by atoms with Crippen LogP contribution >= 0.6 is 0 Å². The van der Waals surface area contributed by atoms with Gasteiger partial charge in [0.15, 0.2) is 0 Å². The number of rotatable bonds is 8. The fourth-order valence-corrected chi connectivity index (χ4v) is 5.37. The van der Waals surface area contributed by atoms with Crippen molar-refractivity contribution in [2.24, 2.45) is 5.73 Å². The van der Waals surface area contributed by atoms with Crippen LogP contribution in [0.25, 0.3) is 0 Å². The summed E-state index contributed by atoms with van der Waals surface area (Å²) in [5.41, 5.74) is 8.95. The molecule has 0 unspecified atom stereocenters. The molecule has 0 aromatic heterocycles. The van der Waals surface area contributed by atoms with Crippen LogP contribution in [-0.4, -0.2) is 75.7 Å². The molecule has 1 fully saturated rings. The Bertz CT molecular complexity index is 1210. The van der Waals surface area contributed by atoms with Crippen molar-refractivity contribution >= 4 is 27.5 Å². The number of likely N-dealkylation sites (N-methyl/N-ethyl adjacent to an activating group) is 2. The highest BCUT2D eigenvalue weighted by atomic mass is 32.2. The van der Waals surface area contributed by atoms with Crippen LogP contribution < -0.4 is 16.0 Å². The lowest BCUT2D eigenvalue weighted by Gasteiger charge is -2.34. The van der Waals surface area contributed by atoms with Gasteiger partial charge in [-0.25, -0.2) is 8.42 Å². The van der Waals surface area contributed by atoms with E-state index in [1.54, 1.807) is 50.2 Å². The van der Waals surface area contributed by atoms with E-state index in [0.717, 1.165) is 37.4 Å². The average Bonchev–Trinajstić information content (AvgIpc) is 2.85. The summed E-state index contributed by atoms with van der Waals surface area (Å²) < 4.78 is 27.6. The molecule has 0 atom stereocenters. The van der Waals surface area contributed by atoms with Gasteiger partial charge in [-0.15, -0.1) is 0 Å². The summed E-state index contributed by atoms with van der Waals surface area (Å²) in [7, 11) is -1.70. The van der Waals surface area contributed by atoms with Crippen molar-refractivity contribution in [2.75, 3.05) is 51.2 Å². The lowest BCUT2D eigenvalue weighted by Crippen LogP contribution is -2.44. The van der Waals surface area contributed by atoms with Crippen molar-refractivity contribution in [3.05, 3.63) is 70.9 Å². The zero-order chi connectivity index (χ0) is 26.5. The molecule has 0 radical (unpaired) electrons. The predicted molar refractivity (Wildman–Crippen MR) is 144 cm³/mol. The van der Waals surface area contributed by atoms with Crippen LogP contribution in [0.2, 0.25) is 0 Å². The summed E-state index contributed by atoms with van der Waals surface area (Å²) in [6.45, 7) is 9.08. The molecule has 36 heavy (non-hydrogen) atoms. The maximum Gasteiger partial charge on any atom is 0.256 e. The number of allylic oxidation sites excluding steroid dienone is 1. The van der Waals surface area contributed by atoms with Gasteiger partial charge in [0.25, 0.3) is 5.91 Å². The van der Waals surface area contributed by atoms with Crippen LogP contribution in [0.1, 0.15) is 29.8 Å². The number of hydrogen-bond donors (Lipinski definition) is 3. The summed E-state index contributed by atoms with van der Waals surface area (Å²) in [4.78, 5) is 17.6. The van der Waals surface area contributed by atoms with Gasteiger partial charge in [0.05, 0.1) is 4.90 Å². The molecule has 2 aromatic carbocycles. The monoisotopic (exact) mass is 512 g/mol. The number of amidine groups is 1. The highest BCUT2D eigenvalue weighted by Crippen LogP contribution is 2.19. The molecule has 9 nitrogen and oxygen atoms in total. The normalized spacial score (nSPS) is 15.5. The molecule has 194 valence electrons. The second-order valence-electron chi connectivity index (χ2n) is 9.07. The summed E-state index contributed by atoms with van der Waals surface area (Å²) >= 11 is 0. The molecule has 0 spiro atoms. The molecule has 1 aliphatic heterocycles. The molecule has 0 saturated carbocycles. The third-order valence-corrected chi connectivity index (χ3v) is 8.30. The van der Waals surface area contributed by atoms with Gasteiger partial charge in [-0.05, 0) is 57.3 Å². The zero-order valence-corrected chi connectivity index (χ0v) is 22.2. The molecule has 1 saturated heterocycles. The molecule has 4 N–H and O–H groups in total. The van der Waals surface area contributed by atoms with Gasteiger partial charge in [0.1, 0.15) is 5.84 Å². The van der Waals surface area contributed by atoms with Crippen LogP contribution in [0.15, 0.2) is 64.7 Å². The number of aryl methyl sites for hydroxylation is 1. The van der Waals surface area contributed by atoms with E-state index in [9.17, 15) is 13.2 Å². The summed E-state index contributed by atoms with van der Waals surface area (Å²) in [6.07, 6.45) is 0. The number of amides is 1. The van der Waals surface area contributed by atoms with Gasteiger partial charge in [-0.1, -0.05) is 24.6 Å². The van der Waals surface area contributed by atoms with Gasteiger partial charge in [-0.3, -0.25) is 10.2 Å². The minimum Gasteiger partial charge on any atom is -0.402 e. The molecule has 1 heterocycles. The van der Waals surface area contributed by atoms with E-state index in [1.807, 2.05) is 19.1 Å². The SMILES string of the molecule is CCN(C/C(C(=N)NC(=O)c1ccc(N2CCN(C)CC2)cc1)=C(\C)N)S(=O)(=O)c1ccc(C)cc1. The Hall–Kier alpha value is -3.21. The van der Waals surface area contributed by atoms with Crippen molar-refractivity contribution in [1.29, 1.82) is 5.41 Å². The quantitative estimate of drug-likeness (QED) is 0.369. The molecule has 0 aliphatic carbocycles. The maximum absolute atomic E-state index is 13.2. The molecule has 3 rings (SSSR count). The first-order chi connectivity index (χ1) is 17.0. The van der Waals surface area contributed by atoms with Crippen molar-refractivity contribution < 1.29 is 13.2 Å². The second-order valence-corrected chi connectivity index (χ2v) is 11.0. The van der Waals surface area contributed by atoms with E-state index in [0.29, 0.717) is 5.56 Å². The first kappa shape index (κ1) is 27.4. The van der Waals surface area contributed by atoms with Crippen LogP contribution in [-0.2, 0) is 10.0 Å². The van der Waals surface area contributed by atoms with Crippen molar-refractivity contribution in [2.45, 2.75) is 25.7 Å². The molecular formula is C26H36N6O3S. The number of carbonyl (C=O) groups is 1. The fourth-order valence-electron chi connectivity index (χ4n) is 3.95. The van der Waals surface area contributed by atoms with E-state index in [-0.39, 0.29) is 35.1 Å². The Kier molecular flexibility index (Phi) is 8.89. The molecule has 0 bridgehead atoms. The Morgan fingerprint density at radius 3 is 2.17 bits per heavy atom. The third-order valence-electron chi connectivity index (χ3n) is 6.36. The average molecular weight is 513 g/mol. The summed E-state index contributed by atoms with van der Waals surface area (Å²) in [5.74, 6) is -0.672. The van der Waals surface area contributed by atoms with Crippen molar-refractivity contribution in [3.63, 3.8) is 0 Å². The Labute approximate surface area is 214 Å². The van der Waals surface area contributed by atoms with E-state index in [4.69, 9.17) is 11.1 Å². The van der Waals surface area contributed by atoms with Crippen LogP contribution in [0, 0.1) is 12.3 Å².